The molecule has 0 spiro atoms. The van der Waals surface area contributed by atoms with Gasteiger partial charge in [-0.2, -0.15) is 5.48 Å². The number of nitrogens with one attached hydrogen (secondary N) is 1. The lowest BCUT2D eigenvalue weighted by Crippen LogP contribution is -2.35. The SMILES string of the molecule is O=C(O[C@H]1CCN(C[C@@H](NOCc2ccccc2)c2ccccc2)C1)c1ccccc1. The first-order chi connectivity index (χ1) is 15.3. The van der Waals surface area contributed by atoms with Crippen molar-refractivity contribution in [1.29, 1.82) is 0 Å². The fourth-order valence-corrected chi connectivity index (χ4v) is 3.81. The summed E-state index contributed by atoms with van der Waals surface area (Å²) < 4.78 is 5.72. The topological polar surface area (TPSA) is 50.8 Å². The zero-order chi connectivity index (χ0) is 21.3. The Labute approximate surface area is 183 Å². The first-order valence-corrected chi connectivity index (χ1v) is 10.7. The van der Waals surface area contributed by atoms with Gasteiger partial charge in [0.25, 0.3) is 0 Å². The van der Waals surface area contributed by atoms with E-state index in [0.29, 0.717) is 12.2 Å². The highest BCUT2D eigenvalue weighted by molar-refractivity contribution is 5.89. The Kier molecular flexibility index (Phi) is 7.45. The van der Waals surface area contributed by atoms with Crippen molar-refractivity contribution in [1.82, 2.24) is 10.4 Å². The maximum Gasteiger partial charge on any atom is 0.338 e. The molecule has 0 unspecified atom stereocenters. The number of ether oxygens (including phenoxy) is 1. The number of hydroxylamine groups is 1. The van der Waals surface area contributed by atoms with Gasteiger partial charge in [-0.05, 0) is 29.7 Å². The summed E-state index contributed by atoms with van der Waals surface area (Å²) >= 11 is 0. The van der Waals surface area contributed by atoms with Crippen molar-refractivity contribution in [2.75, 3.05) is 19.6 Å². The van der Waals surface area contributed by atoms with Gasteiger partial charge in [0.15, 0.2) is 0 Å². The number of carbonyl (C=O) groups excluding carboxylic acids is 1. The normalized spacial score (nSPS) is 17.4. The molecule has 0 saturated carbocycles. The van der Waals surface area contributed by atoms with Crippen LogP contribution in [0.5, 0.6) is 0 Å². The number of likely N-dealkylation sites (tertiary alicyclic amines) is 1. The molecular formula is C26H28N2O3. The van der Waals surface area contributed by atoms with E-state index in [-0.39, 0.29) is 18.1 Å². The highest BCUT2D eigenvalue weighted by Crippen LogP contribution is 2.20. The molecule has 5 nitrogen and oxygen atoms in total. The molecule has 4 rings (SSSR count). The van der Waals surface area contributed by atoms with Crippen molar-refractivity contribution in [2.24, 2.45) is 0 Å². The predicted octanol–water partition coefficient (Wildman–Crippen LogP) is 4.38. The fraction of sp³-hybridized carbons (Fsp3) is 0.269. The standard InChI is InChI=1S/C26H28N2O3/c29-26(23-14-8-3-9-15-23)31-24-16-17-28(18-24)19-25(22-12-6-2-7-13-22)27-30-20-21-10-4-1-5-11-21/h1-15,24-25,27H,16-20H2/t24-,25+/m0/s1. The lowest BCUT2D eigenvalue weighted by Gasteiger charge is -2.25. The van der Waals surface area contributed by atoms with E-state index in [1.807, 2.05) is 66.7 Å². The molecule has 3 aromatic rings. The Balaban J connectivity index is 1.32. The summed E-state index contributed by atoms with van der Waals surface area (Å²) in [6.07, 6.45) is 0.750. The maximum absolute atomic E-state index is 12.4. The monoisotopic (exact) mass is 416 g/mol. The predicted molar refractivity (Wildman–Crippen MR) is 120 cm³/mol. The van der Waals surface area contributed by atoms with E-state index >= 15 is 0 Å². The van der Waals surface area contributed by atoms with Crippen molar-refractivity contribution >= 4 is 5.97 Å². The molecule has 1 aliphatic heterocycles. The van der Waals surface area contributed by atoms with Crippen LogP contribution in [0.15, 0.2) is 91.0 Å². The minimum Gasteiger partial charge on any atom is -0.457 e. The maximum atomic E-state index is 12.4. The fourth-order valence-electron chi connectivity index (χ4n) is 3.81. The third-order valence-electron chi connectivity index (χ3n) is 5.46. The Morgan fingerprint density at radius 1 is 0.935 bits per heavy atom. The summed E-state index contributed by atoms with van der Waals surface area (Å²) in [4.78, 5) is 20.5. The van der Waals surface area contributed by atoms with E-state index in [1.54, 1.807) is 12.1 Å². The molecule has 3 aromatic carbocycles. The van der Waals surface area contributed by atoms with E-state index in [4.69, 9.17) is 9.57 Å². The van der Waals surface area contributed by atoms with Gasteiger partial charge in [0, 0.05) is 19.6 Å². The van der Waals surface area contributed by atoms with Gasteiger partial charge in [0.1, 0.15) is 6.10 Å². The van der Waals surface area contributed by atoms with Crippen LogP contribution in [0.3, 0.4) is 0 Å². The van der Waals surface area contributed by atoms with Crippen LogP contribution in [0.1, 0.15) is 33.9 Å². The van der Waals surface area contributed by atoms with Crippen molar-refractivity contribution < 1.29 is 14.4 Å². The summed E-state index contributed by atoms with van der Waals surface area (Å²) in [6.45, 7) is 2.89. The van der Waals surface area contributed by atoms with Crippen LogP contribution < -0.4 is 5.48 Å². The molecule has 1 aliphatic rings. The van der Waals surface area contributed by atoms with E-state index in [9.17, 15) is 4.79 Å². The van der Waals surface area contributed by atoms with Gasteiger partial charge in [-0.3, -0.25) is 9.74 Å². The van der Waals surface area contributed by atoms with Gasteiger partial charge in [0.05, 0.1) is 18.2 Å². The highest BCUT2D eigenvalue weighted by Gasteiger charge is 2.28. The highest BCUT2D eigenvalue weighted by atomic mass is 16.6. The minimum atomic E-state index is -0.253. The number of esters is 1. The first kappa shape index (κ1) is 21.2. The smallest absolute Gasteiger partial charge is 0.338 e. The average molecular weight is 417 g/mol. The van der Waals surface area contributed by atoms with Crippen LogP contribution in [0.4, 0.5) is 0 Å². The second-order valence-electron chi connectivity index (χ2n) is 7.80. The summed E-state index contributed by atoms with van der Waals surface area (Å²) in [5.41, 5.74) is 6.13. The van der Waals surface area contributed by atoms with Crippen LogP contribution >= 0.6 is 0 Å². The van der Waals surface area contributed by atoms with Crippen LogP contribution in [-0.2, 0) is 16.2 Å². The molecule has 1 N–H and O–H groups in total. The molecule has 0 aromatic heterocycles. The lowest BCUT2D eigenvalue weighted by atomic mass is 10.1. The summed E-state index contributed by atoms with van der Waals surface area (Å²) in [6, 6.07) is 29.6. The average Bonchev–Trinajstić information content (AvgIpc) is 3.27. The Bertz CT molecular complexity index is 935. The molecule has 0 bridgehead atoms. The molecule has 1 saturated heterocycles. The van der Waals surface area contributed by atoms with Gasteiger partial charge >= 0.3 is 5.97 Å². The molecule has 1 fully saturated rings. The zero-order valence-electron chi connectivity index (χ0n) is 17.5. The lowest BCUT2D eigenvalue weighted by molar-refractivity contribution is -0.00532. The number of nitrogens with zero attached hydrogens (tertiary/aromatic N) is 1. The zero-order valence-corrected chi connectivity index (χ0v) is 17.5. The van der Waals surface area contributed by atoms with Crippen LogP contribution in [0.25, 0.3) is 0 Å². The third-order valence-corrected chi connectivity index (χ3v) is 5.46. The molecule has 160 valence electrons. The van der Waals surface area contributed by atoms with Gasteiger partial charge in [-0.15, -0.1) is 0 Å². The van der Waals surface area contributed by atoms with Crippen molar-refractivity contribution in [3.63, 3.8) is 0 Å². The number of rotatable bonds is 9. The van der Waals surface area contributed by atoms with Crippen LogP contribution in [0.2, 0.25) is 0 Å². The Morgan fingerprint density at radius 2 is 1.58 bits per heavy atom. The van der Waals surface area contributed by atoms with E-state index < -0.39 is 0 Å². The molecule has 5 heteroatoms. The summed E-state index contributed by atoms with van der Waals surface area (Å²) in [7, 11) is 0. The quantitative estimate of drug-likeness (QED) is 0.414. The van der Waals surface area contributed by atoms with E-state index in [0.717, 1.165) is 31.6 Å². The number of carbonyl (C=O) groups is 1. The van der Waals surface area contributed by atoms with Gasteiger partial charge in [0.2, 0.25) is 0 Å². The summed E-state index contributed by atoms with van der Waals surface area (Å²) in [5, 5.41) is 0. The van der Waals surface area contributed by atoms with E-state index in [2.05, 4.69) is 22.5 Å². The van der Waals surface area contributed by atoms with E-state index in [1.165, 1.54) is 5.56 Å². The molecule has 0 aliphatic carbocycles. The van der Waals surface area contributed by atoms with Gasteiger partial charge in [-0.25, -0.2) is 4.79 Å². The third kappa shape index (κ3) is 6.25. The first-order valence-electron chi connectivity index (χ1n) is 10.7. The summed E-state index contributed by atoms with van der Waals surface area (Å²) in [5.74, 6) is -0.253. The van der Waals surface area contributed by atoms with Gasteiger partial charge < -0.3 is 4.74 Å². The molecule has 0 radical (unpaired) electrons. The number of benzene rings is 3. The Hall–Kier alpha value is -2.99. The van der Waals surface area contributed by atoms with Crippen LogP contribution in [0, 0.1) is 0 Å². The number of hydrogen-bond donors (Lipinski definition) is 1. The second-order valence-corrected chi connectivity index (χ2v) is 7.80. The molecule has 1 heterocycles. The van der Waals surface area contributed by atoms with Crippen LogP contribution in [-0.4, -0.2) is 36.6 Å². The molecule has 0 amide bonds. The largest absolute Gasteiger partial charge is 0.457 e. The van der Waals surface area contributed by atoms with Crippen molar-refractivity contribution in [3.05, 3.63) is 108 Å². The van der Waals surface area contributed by atoms with Crippen molar-refractivity contribution in [2.45, 2.75) is 25.2 Å². The molecular weight excluding hydrogens is 388 g/mol. The molecule has 31 heavy (non-hydrogen) atoms. The second kappa shape index (κ2) is 10.9. The minimum absolute atomic E-state index is 0.0217. The molecule has 2 atom stereocenters. The Morgan fingerprint density at radius 3 is 2.29 bits per heavy atom. The van der Waals surface area contributed by atoms with Gasteiger partial charge in [-0.1, -0.05) is 78.9 Å². The number of hydrogen-bond acceptors (Lipinski definition) is 5. The van der Waals surface area contributed by atoms with Crippen molar-refractivity contribution in [3.8, 4) is 0 Å².